The van der Waals surface area contributed by atoms with Gasteiger partial charge < -0.3 is 15.5 Å². The maximum atomic E-state index is 12.4. The van der Waals surface area contributed by atoms with Crippen molar-refractivity contribution in [3.05, 3.63) is 72.9 Å². The number of unbranched alkanes of at least 4 members (excludes halogenated alkanes) is 35. The van der Waals surface area contributed by atoms with E-state index in [1.165, 1.54) is 212 Å². The molecule has 0 aromatic rings. The third-order valence-electron chi connectivity index (χ3n) is 12.9. The minimum Gasteiger partial charge on any atom is -0.394 e. The SMILES string of the molecule is CC/C=C\C/C=C\C/C=C\C/C=C\CCCCCCCCCCCCCCCCCCCCCCCCCCCCC(=O)NC(CO)C(O)/C=C/CC/C=C/CCCCCCCCCC. The van der Waals surface area contributed by atoms with Gasteiger partial charge in [-0.1, -0.05) is 286 Å². The second-order valence-corrected chi connectivity index (χ2v) is 19.3. The van der Waals surface area contributed by atoms with E-state index in [9.17, 15) is 15.0 Å². The molecule has 0 aliphatic carbocycles. The molecule has 0 heterocycles. The van der Waals surface area contributed by atoms with Crippen molar-refractivity contribution < 1.29 is 15.0 Å². The molecule has 0 fully saturated rings. The van der Waals surface area contributed by atoms with E-state index in [-0.39, 0.29) is 12.5 Å². The van der Waals surface area contributed by atoms with E-state index < -0.39 is 12.1 Å². The highest BCUT2D eigenvalue weighted by Gasteiger charge is 2.18. The summed E-state index contributed by atoms with van der Waals surface area (Å²) < 4.78 is 0. The van der Waals surface area contributed by atoms with Crippen LogP contribution in [0.4, 0.5) is 0 Å². The van der Waals surface area contributed by atoms with E-state index in [1.54, 1.807) is 6.08 Å². The molecule has 2 unspecified atom stereocenters. The molecule has 0 aromatic heterocycles. The average Bonchev–Trinajstić information content (AvgIpc) is 3.31. The summed E-state index contributed by atoms with van der Waals surface area (Å²) in [6, 6.07) is -0.638. The van der Waals surface area contributed by atoms with Crippen molar-refractivity contribution in [3.8, 4) is 0 Å². The first-order chi connectivity index (χ1) is 32.2. The summed E-state index contributed by atoms with van der Waals surface area (Å²) in [5, 5.41) is 23.1. The molecular formula is C61H111NO3. The Morgan fingerprint density at radius 1 is 0.385 bits per heavy atom. The molecule has 0 saturated carbocycles. The molecule has 3 N–H and O–H groups in total. The van der Waals surface area contributed by atoms with Gasteiger partial charge in [0.2, 0.25) is 5.91 Å². The van der Waals surface area contributed by atoms with Crippen LogP contribution in [0.1, 0.15) is 290 Å². The molecule has 0 aliphatic heterocycles. The Bertz CT molecular complexity index is 1120. The van der Waals surface area contributed by atoms with Crippen LogP contribution in [0.5, 0.6) is 0 Å². The molecule has 4 heteroatoms. The van der Waals surface area contributed by atoms with Crippen LogP contribution in [0, 0.1) is 0 Å². The first-order valence-electron chi connectivity index (χ1n) is 28.7. The van der Waals surface area contributed by atoms with Crippen LogP contribution in [-0.4, -0.2) is 34.9 Å². The first kappa shape index (κ1) is 62.8. The topological polar surface area (TPSA) is 69.6 Å². The lowest BCUT2D eigenvalue weighted by atomic mass is 10.0. The van der Waals surface area contributed by atoms with Crippen molar-refractivity contribution in [2.75, 3.05) is 6.61 Å². The fraction of sp³-hybridized carbons (Fsp3) is 0.787. The Hall–Kier alpha value is -2.17. The maximum Gasteiger partial charge on any atom is 0.220 e. The molecule has 4 nitrogen and oxygen atoms in total. The molecule has 65 heavy (non-hydrogen) atoms. The quantitative estimate of drug-likeness (QED) is 0.0421. The van der Waals surface area contributed by atoms with Gasteiger partial charge in [0.25, 0.3) is 0 Å². The maximum absolute atomic E-state index is 12.4. The standard InChI is InChI=1S/C61H111NO3/c1-3-5-7-9-11-13-15-17-19-20-21-22-23-24-25-26-27-28-29-30-31-32-33-34-35-36-37-38-39-40-41-42-43-45-47-49-51-53-55-57-61(65)62-59(58-63)60(64)56-54-52-50-48-46-44-18-16-14-12-10-8-6-4-2/h5,7,11,13,17,19,21-22,46,48,54,56,59-60,63-64H,3-4,6,8-10,12,14-16,18,20,23-45,47,49-53,55,57-58H2,1-2H3,(H,62,65)/b7-5-,13-11-,19-17-,22-21-,48-46+,56-54+. The largest absolute Gasteiger partial charge is 0.394 e. The van der Waals surface area contributed by atoms with Crippen LogP contribution in [0.15, 0.2) is 72.9 Å². The predicted molar refractivity (Wildman–Crippen MR) is 290 cm³/mol. The summed E-state index contributed by atoms with van der Waals surface area (Å²) in [7, 11) is 0. The molecule has 2 atom stereocenters. The van der Waals surface area contributed by atoms with Crippen LogP contribution in [0.25, 0.3) is 0 Å². The van der Waals surface area contributed by atoms with Gasteiger partial charge in [-0.25, -0.2) is 0 Å². The second-order valence-electron chi connectivity index (χ2n) is 19.3. The van der Waals surface area contributed by atoms with Crippen LogP contribution in [0.3, 0.4) is 0 Å². The first-order valence-corrected chi connectivity index (χ1v) is 28.7. The number of carbonyl (C=O) groups is 1. The van der Waals surface area contributed by atoms with Crippen molar-refractivity contribution in [1.29, 1.82) is 0 Å². The van der Waals surface area contributed by atoms with Crippen molar-refractivity contribution >= 4 is 5.91 Å². The number of rotatable bonds is 52. The zero-order chi connectivity index (χ0) is 47.0. The lowest BCUT2D eigenvalue weighted by molar-refractivity contribution is -0.123. The van der Waals surface area contributed by atoms with Gasteiger partial charge in [-0.05, 0) is 70.6 Å². The fourth-order valence-corrected chi connectivity index (χ4v) is 8.60. The van der Waals surface area contributed by atoms with Gasteiger partial charge in [-0.3, -0.25) is 4.79 Å². The minimum atomic E-state index is -0.861. The van der Waals surface area contributed by atoms with Crippen molar-refractivity contribution in [3.63, 3.8) is 0 Å². The van der Waals surface area contributed by atoms with Crippen LogP contribution in [0.2, 0.25) is 0 Å². The molecule has 0 aliphatic rings. The van der Waals surface area contributed by atoms with Gasteiger partial charge in [0, 0.05) is 6.42 Å². The highest BCUT2D eigenvalue weighted by Crippen LogP contribution is 2.17. The zero-order valence-corrected chi connectivity index (χ0v) is 43.5. The monoisotopic (exact) mass is 906 g/mol. The lowest BCUT2D eigenvalue weighted by Crippen LogP contribution is -2.45. The second kappa shape index (κ2) is 56.2. The highest BCUT2D eigenvalue weighted by atomic mass is 16.3. The predicted octanol–water partition coefficient (Wildman–Crippen LogP) is 19.0. The number of aliphatic hydroxyl groups excluding tert-OH is 2. The lowest BCUT2D eigenvalue weighted by Gasteiger charge is -2.19. The number of hydrogen-bond donors (Lipinski definition) is 3. The Labute approximate surface area is 406 Å². The Balaban J connectivity index is 3.41. The third-order valence-corrected chi connectivity index (χ3v) is 12.9. The van der Waals surface area contributed by atoms with E-state index in [0.717, 1.165) is 57.8 Å². The molecule has 0 radical (unpaired) electrons. The van der Waals surface area contributed by atoms with Gasteiger partial charge in [0.05, 0.1) is 18.8 Å². The van der Waals surface area contributed by atoms with Gasteiger partial charge in [-0.15, -0.1) is 0 Å². The van der Waals surface area contributed by atoms with Crippen LogP contribution in [-0.2, 0) is 4.79 Å². The Kier molecular flexibility index (Phi) is 54.3. The average molecular weight is 907 g/mol. The van der Waals surface area contributed by atoms with Crippen LogP contribution >= 0.6 is 0 Å². The molecule has 1 amide bonds. The summed E-state index contributed by atoms with van der Waals surface area (Å²) in [5.74, 6) is -0.0710. The summed E-state index contributed by atoms with van der Waals surface area (Å²) >= 11 is 0. The molecule has 0 aromatic carbocycles. The van der Waals surface area contributed by atoms with Crippen LogP contribution < -0.4 is 5.32 Å². The van der Waals surface area contributed by atoms with E-state index in [0.29, 0.717) is 6.42 Å². The number of carbonyl (C=O) groups excluding carboxylic acids is 1. The Morgan fingerprint density at radius 3 is 1.08 bits per heavy atom. The summed E-state index contributed by atoms with van der Waals surface area (Å²) in [5.41, 5.74) is 0. The molecule has 0 bridgehead atoms. The van der Waals surface area contributed by atoms with E-state index in [1.807, 2.05) is 6.08 Å². The van der Waals surface area contributed by atoms with Gasteiger partial charge in [-0.2, -0.15) is 0 Å². The van der Waals surface area contributed by atoms with Crippen molar-refractivity contribution in [2.24, 2.45) is 0 Å². The smallest absolute Gasteiger partial charge is 0.220 e. The number of amides is 1. The van der Waals surface area contributed by atoms with E-state index >= 15 is 0 Å². The number of nitrogens with one attached hydrogen (secondary N) is 1. The van der Waals surface area contributed by atoms with Gasteiger partial charge >= 0.3 is 0 Å². The summed E-state index contributed by atoms with van der Waals surface area (Å²) in [4.78, 5) is 12.4. The fourth-order valence-electron chi connectivity index (χ4n) is 8.60. The summed E-state index contributed by atoms with van der Waals surface area (Å²) in [6.45, 7) is 4.19. The number of aliphatic hydroxyl groups is 2. The van der Waals surface area contributed by atoms with Crippen molar-refractivity contribution in [2.45, 2.75) is 302 Å². The molecular weight excluding hydrogens is 795 g/mol. The Morgan fingerprint density at radius 2 is 0.692 bits per heavy atom. The van der Waals surface area contributed by atoms with E-state index in [2.05, 4.69) is 79.9 Å². The van der Waals surface area contributed by atoms with Gasteiger partial charge in [0.15, 0.2) is 0 Å². The van der Waals surface area contributed by atoms with E-state index in [4.69, 9.17) is 0 Å². The highest BCUT2D eigenvalue weighted by molar-refractivity contribution is 5.76. The third kappa shape index (κ3) is 52.7. The molecule has 0 rings (SSSR count). The molecule has 0 saturated heterocycles. The molecule has 0 spiro atoms. The normalized spacial score (nSPS) is 13.4. The number of allylic oxidation sites excluding steroid dienone is 11. The molecule has 378 valence electrons. The summed E-state index contributed by atoms with van der Waals surface area (Å²) in [6.07, 6.45) is 80.9. The van der Waals surface area contributed by atoms with Crippen molar-refractivity contribution in [1.82, 2.24) is 5.32 Å². The number of hydrogen-bond acceptors (Lipinski definition) is 3. The minimum absolute atomic E-state index is 0.0710. The van der Waals surface area contributed by atoms with Gasteiger partial charge in [0.1, 0.15) is 0 Å². The zero-order valence-electron chi connectivity index (χ0n) is 43.5.